The van der Waals surface area contributed by atoms with E-state index in [0.29, 0.717) is 36.9 Å². The number of nitrogens with zero attached hydrogens (tertiary/aromatic N) is 3. The van der Waals surface area contributed by atoms with Crippen LogP contribution in [0.4, 0.5) is 5.95 Å². The topological polar surface area (TPSA) is 93.9 Å². The maximum absolute atomic E-state index is 12.0. The summed E-state index contributed by atoms with van der Waals surface area (Å²) in [5.41, 5.74) is -0.165. The van der Waals surface area contributed by atoms with Gasteiger partial charge in [-0.15, -0.1) is 6.58 Å². The number of H-pyrrole nitrogens is 1. The van der Waals surface area contributed by atoms with E-state index in [-0.39, 0.29) is 0 Å². The van der Waals surface area contributed by atoms with Crippen molar-refractivity contribution in [1.82, 2.24) is 19.1 Å². The lowest BCUT2D eigenvalue weighted by Crippen LogP contribution is -2.36. The molecule has 2 aromatic rings. The Morgan fingerprint density at radius 1 is 1.33 bits per heavy atom. The van der Waals surface area contributed by atoms with Crippen LogP contribution in [0.1, 0.15) is 6.42 Å². The maximum atomic E-state index is 12.0. The smallest absolute Gasteiger partial charge is 0.332 e. The molecule has 0 spiro atoms. The van der Waals surface area contributed by atoms with E-state index in [0.717, 1.165) is 11.0 Å². The molecule has 0 saturated carbocycles. The first kappa shape index (κ1) is 15.0. The summed E-state index contributed by atoms with van der Waals surface area (Å²) in [6, 6.07) is 0. The number of aromatic nitrogens is 4. The zero-order chi connectivity index (χ0) is 15.4. The van der Waals surface area contributed by atoms with Crippen molar-refractivity contribution in [2.75, 3.05) is 25.1 Å². The van der Waals surface area contributed by atoms with E-state index in [4.69, 9.17) is 4.74 Å². The maximum Gasteiger partial charge on any atom is 0.332 e. The Hall–Kier alpha value is -2.35. The molecular formula is C13H19N5O3. The van der Waals surface area contributed by atoms with E-state index in [1.165, 1.54) is 11.6 Å². The zero-order valence-electron chi connectivity index (χ0n) is 12.2. The van der Waals surface area contributed by atoms with E-state index in [1.54, 1.807) is 13.1 Å². The first-order chi connectivity index (χ1) is 10.1. The van der Waals surface area contributed by atoms with Crippen molar-refractivity contribution in [2.45, 2.75) is 6.42 Å². The molecule has 0 aliphatic rings. The van der Waals surface area contributed by atoms with Gasteiger partial charge >= 0.3 is 5.69 Å². The summed E-state index contributed by atoms with van der Waals surface area (Å²) in [5, 5.41) is 3.02. The molecule has 0 aliphatic carbocycles. The van der Waals surface area contributed by atoms with Gasteiger partial charge in [0.15, 0.2) is 11.2 Å². The fourth-order valence-corrected chi connectivity index (χ4v) is 1.92. The average molecular weight is 293 g/mol. The van der Waals surface area contributed by atoms with Crippen LogP contribution in [0.15, 0.2) is 22.2 Å². The average Bonchev–Trinajstić information content (AvgIpc) is 2.91. The minimum absolute atomic E-state index is 0.301. The highest BCUT2D eigenvalue weighted by Crippen LogP contribution is 2.07. The van der Waals surface area contributed by atoms with Crippen molar-refractivity contribution < 1.29 is 4.74 Å². The SMILES string of the molecule is C=CCCOCCNc1nc2c([nH]1)c(=O)n(C)c(=O)n2C. The summed E-state index contributed by atoms with van der Waals surface area (Å²) in [7, 11) is 3.01. The van der Waals surface area contributed by atoms with Gasteiger partial charge in [0.2, 0.25) is 5.95 Å². The number of imidazole rings is 1. The van der Waals surface area contributed by atoms with Crippen LogP contribution in [-0.4, -0.2) is 38.9 Å². The minimum Gasteiger partial charge on any atom is -0.379 e. The number of aryl methyl sites for hydroxylation is 1. The molecule has 114 valence electrons. The summed E-state index contributed by atoms with van der Waals surface area (Å²) in [6.07, 6.45) is 2.60. The molecule has 0 fully saturated rings. The van der Waals surface area contributed by atoms with Gasteiger partial charge in [-0.3, -0.25) is 13.9 Å². The van der Waals surface area contributed by atoms with Crippen LogP contribution < -0.4 is 16.6 Å². The third kappa shape index (κ3) is 3.05. The summed E-state index contributed by atoms with van der Waals surface area (Å²) < 4.78 is 7.74. The van der Waals surface area contributed by atoms with E-state index in [9.17, 15) is 9.59 Å². The van der Waals surface area contributed by atoms with Crippen LogP contribution in [-0.2, 0) is 18.8 Å². The second-order valence-electron chi connectivity index (χ2n) is 4.61. The summed E-state index contributed by atoms with van der Waals surface area (Å²) in [4.78, 5) is 30.9. The first-order valence-electron chi connectivity index (χ1n) is 6.64. The normalized spacial score (nSPS) is 11.0. The number of hydrogen-bond acceptors (Lipinski definition) is 5. The number of fused-ring (bicyclic) bond motifs is 1. The summed E-state index contributed by atoms with van der Waals surface area (Å²) >= 11 is 0. The quantitative estimate of drug-likeness (QED) is 0.552. The Balaban J connectivity index is 2.11. The molecule has 0 saturated heterocycles. The lowest BCUT2D eigenvalue weighted by Gasteiger charge is -2.03. The highest BCUT2D eigenvalue weighted by molar-refractivity contribution is 5.72. The van der Waals surface area contributed by atoms with Crippen molar-refractivity contribution >= 4 is 17.1 Å². The van der Waals surface area contributed by atoms with Crippen LogP contribution in [0.3, 0.4) is 0 Å². The number of ether oxygens (including phenoxy) is 1. The Morgan fingerprint density at radius 3 is 2.81 bits per heavy atom. The predicted molar refractivity (Wildman–Crippen MR) is 80.7 cm³/mol. The Labute approximate surface area is 121 Å². The molecular weight excluding hydrogens is 274 g/mol. The monoisotopic (exact) mass is 293 g/mol. The van der Waals surface area contributed by atoms with Gasteiger partial charge in [0, 0.05) is 20.6 Å². The first-order valence-corrected chi connectivity index (χ1v) is 6.64. The van der Waals surface area contributed by atoms with E-state index in [1.807, 2.05) is 0 Å². The number of aromatic amines is 1. The fraction of sp³-hybridized carbons (Fsp3) is 0.462. The lowest BCUT2D eigenvalue weighted by atomic mass is 10.4. The molecule has 2 heterocycles. The Bertz CT molecular complexity index is 755. The summed E-state index contributed by atoms with van der Waals surface area (Å²) in [6.45, 7) is 5.30. The van der Waals surface area contributed by atoms with Crippen molar-refractivity contribution in [3.8, 4) is 0 Å². The molecule has 0 radical (unpaired) electrons. The molecule has 0 aromatic carbocycles. The number of rotatable bonds is 7. The Kier molecular flexibility index (Phi) is 4.59. The Morgan fingerprint density at radius 2 is 2.10 bits per heavy atom. The molecule has 0 bridgehead atoms. The van der Waals surface area contributed by atoms with Crippen molar-refractivity contribution in [1.29, 1.82) is 0 Å². The zero-order valence-corrected chi connectivity index (χ0v) is 12.2. The molecule has 0 aliphatic heterocycles. The van der Waals surface area contributed by atoms with Gasteiger partial charge in [0.25, 0.3) is 5.56 Å². The minimum atomic E-state index is -0.404. The second-order valence-corrected chi connectivity index (χ2v) is 4.61. The standard InChI is InChI=1S/C13H19N5O3/c1-4-5-7-21-8-6-14-12-15-9-10(16-12)17(2)13(20)18(3)11(9)19/h4H,1,5-8H2,2-3H3,(H2,14,15,16). The van der Waals surface area contributed by atoms with Gasteiger partial charge in [0.05, 0.1) is 13.2 Å². The number of hydrogen-bond donors (Lipinski definition) is 2. The van der Waals surface area contributed by atoms with Crippen LogP contribution in [0, 0.1) is 0 Å². The fourth-order valence-electron chi connectivity index (χ4n) is 1.92. The molecule has 8 nitrogen and oxygen atoms in total. The van der Waals surface area contributed by atoms with E-state index < -0.39 is 11.2 Å². The van der Waals surface area contributed by atoms with Gasteiger partial charge < -0.3 is 15.0 Å². The molecule has 2 rings (SSSR count). The summed E-state index contributed by atoms with van der Waals surface area (Å²) in [5.74, 6) is 0.440. The number of nitrogens with one attached hydrogen (secondary N) is 2. The largest absolute Gasteiger partial charge is 0.379 e. The molecule has 21 heavy (non-hydrogen) atoms. The van der Waals surface area contributed by atoms with Crippen molar-refractivity contribution in [2.24, 2.45) is 14.1 Å². The van der Waals surface area contributed by atoms with Crippen LogP contribution >= 0.6 is 0 Å². The number of anilines is 1. The molecule has 0 amide bonds. The molecule has 2 aromatic heterocycles. The molecule has 8 heteroatoms. The van der Waals surface area contributed by atoms with Crippen molar-refractivity contribution in [3.63, 3.8) is 0 Å². The van der Waals surface area contributed by atoms with Crippen LogP contribution in [0.2, 0.25) is 0 Å². The van der Waals surface area contributed by atoms with Gasteiger partial charge in [-0.05, 0) is 6.42 Å². The molecule has 2 N–H and O–H groups in total. The van der Waals surface area contributed by atoms with Gasteiger partial charge in [-0.25, -0.2) is 4.79 Å². The second kappa shape index (κ2) is 6.40. The van der Waals surface area contributed by atoms with Gasteiger partial charge in [-0.2, -0.15) is 4.98 Å². The third-order valence-electron chi connectivity index (χ3n) is 3.10. The van der Waals surface area contributed by atoms with E-state index >= 15 is 0 Å². The highest BCUT2D eigenvalue weighted by atomic mass is 16.5. The lowest BCUT2D eigenvalue weighted by molar-refractivity contribution is 0.149. The van der Waals surface area contributed by atoms with E-state index in [2.05, 4.69) is 21.9 Å². The molecule has 0 unspecified atom stereocenters. The van der Waals surface area contributed by atoms with Crippen LogP contribution in [0.5, 0.6) is 0 Å². The van der Waals surface area contributed by atoms with Crippen LogP contribution in [0.25, 0.3) is 11.2 Å². The van der Waals surface area contributed by atoms with Gasteiger partial charge in [0.1, 0.15) is 0 Å². The predicted octanol–water partition coefficient (Wildman–Crippen LogP) is -0.0351. The highest BCUT2D eigenvalue weighted by Gasteiger charge is 2.12. The van der Waals surface area contributed by atoms with Gasteiger partial charge in [-0.1, -0.05) is 6.08 Å². The third-order valence-corrected chi connectivity index (χ3v) is 3.10. The molecule has 0 atom stereocenters. The van der Waals surface area contributed by atoms with Crippen molar-refractivity contribution in [3.05, 3.63) is 33.5 Å².